The fourth-order valence-corrected chi connectivity index (χ4v) is 2.46. The molecule has 2 rings (SSSR count). The SMILES string of the molecule is CC1CCCN(Cc2nnnn2C(C)(C)C)C1. The molecule has 0 aliphatic carbocycles. The van der Waals surface area contributed by atoms with Crippen LogP contribution in [-0.4, -0.2) is 38.2 Å². The molecule has 1 fully saturated rings. The van der Waals surface area contributed by atoms with Gasteiger partial charge >= 0.3 is 0 Å². The number of hydrogen-bond donors (Lipinski definition) is 0. The van der Waals surface area contributed by atoms with Crippen molar-refractivity contribution in [1.29, 1.82) is 0 Å². The molecule has 1 aliphatic rings. The Balaban J connectivity index is 2.06. The van der Waals surface area contributed by atoms with E-state index >= 15 is 0 Å². The van der Waals surface area contributed by atoms with Crippen molar-refractivity contribution in [2.75, 3.05) is 13.1 Å². The van der Waals surface area contributed by atoms with Crippen LogP contribution in [0.15, 0.2) is 0 Å². The molecule has 0 saturated carbocycles. The lowest BCUT2D eigenvalue weighted by molar-refractivity contribution is 0.166. The van der Waals surface area contributed by atoms with E-state index in [1.54, 1.807) is 0 Å². The van der Waals surface area contributed by atoms with E-state index in [4.69, 9.17) is 0 Å². The zero-order valence-electron chi connectivity index (χ0n) is 11.3. The Bertz CT molecular complexity index is 365. The van der Waals surface area contributed by atoms with Gasteiger partial charge in [-0.15, -0.1) is 5.10 Å². The maximum Gasteiger partial charge on any atom is 0.165 e. The van der Waals surface area contributed by atoms with Crippen molar-refractivity contribution in [2.24, 2.45) is 5.92 Å². The van der Waals surface area contributed by atoms with Crippen molar-refractivity contribution in [2.45, 2.75) is 52.6 Å². The molecule has 1 aliphatic heterocycles. The maximum atomic E-state index is 4.16. The summed E-state index contributed by atoms with van der Waals surface area (Å²) in [4.78, 5) is 2.46. The summed E-state index contributed by atoms with van der Waals surface area (Å²) in [5.74, 6) is 1.77. The van der Waals surface area contributed by atoms with E-state index in [1.165, 1.54) is 19.4 Å². The Morgan fingerprint density at radius 1 is 1.35 bits per heavy atom. The summed E-state index contributed by atoms with van der Waals surface area (Å²) in [7, 11) is 0. The van der Waals surface area contributed by atoms with E-state index in [2.05, 4.69) is 48.1 Å². The second-order valence-corrected chi connectivity index (χ2v) is 6.16. The minimum Gasteiger partial charge on any atom is -0.296 e. The van der Waals surface area contributed by atoms with Gasteiger partial charge in [-0.1, -0.05) is 6.92 Å². The molecule has 1 unspecified atom stereocenters. The molecule has 5 nitrogen and oxygen atoms in total. The second kappa shape index (κ2) is 4.72. The molecule has 96 valence electrons. The minimum absolute atomic E-state index is 0.0414. The summed E-state index contributed by atoms with van der Waals surface area (Å²) in [6.07, 6.45) is 2.64. The van der Waals surface area contributed by atoms with Crippen LogP contribution in [-0.2, 0) is 12.1 Å². The quantitative estimate of drug-likeness (QED) is 0.785. The summed E-state index contributed by atoms with van der Waals surface area (Å²) < 4.78 is 1.94. The molecule has 0 amide bonds. The van der Waals surface area contributed by atoms with Crippen molar-refractivity contribution in [3.63, 3.8) is 0 Å². The van der Waals surface area contributed by atoms with E-state index in [-0.39, 0.29) is 5.54 Å². The summed E-state index contributed by atoms with van der Waals surface area (Å²) in [5.41, 5.74) is -0.0414. The van der Waals surface area contributed by atoms with E-state index in [1.807, 2.05) is 4.68 Å². The second-order valence-electron chi connectivity index (χ2n) is 6.16. The van der Waals surface area contributed by atoms with Crippen LogP contribution in [0.5, 0.6) is 0 Å². The first kappa shape index (κ1) is 12.5. The first-order valence-corrected chi connectivity index (χ1v) is 6.47. The molecule has 0 aromatic carbocycles. The van der Waals surface area contributed by atoms with E-state index in [0.29, 0.717) is 0 Å². The molecule has 1 aromatic rings. The number of likely N-dealkylation sites (tertiary alicyclic amines) is 1. The highest BCUT2D eigenvalue weighted by atomic mass is 15.6. The first-order valence-electron chi connectivity index (χ1n) is 6.47. The predicted molar refractivity (Wildman–Crippen MR) is 66.5 cm³/mol. The highest BCUT2D eigenvalue weighted by Gasteiger charge is 2.23. The molecule has 1 saturated heterocycles. The number of tetrazole rings is 1. The van der Waals surface area contributed by atoms with Gasteiger partial charge < -0.3 is 0 Å². The highest BCUT2D eigenvalue weighted by Crippen LogP contribution is 2.19. The largest absolute Gasteiger partial charge is 0.296 e. The summed E-state index contributed by atoms with van der Waals surface area (Å²) in [6, 6.07) is 0. The number of piperidine rings is 1. The third-order valence-corrected chi connectivity index (χ3v) is 3.28. The van der Waals surface area contributed by atoms with Gasteiger partial charge in [0.05, 0.1) is 12.1 Å². The molecular weight excluding hydrogens is 214 g/mol. The monoisotopic (exact) mass is 237 g/mol. The number of hydrogen-bond acceptors (Lipinski definition) is 4. The molecule has 1 atom stereocenters. The van der Waals surface area contributed by atoms with Crippen LogP contribution in [0.2, 0.25) is 0 Å². The zero-order chi connectivity index (χ0) is 12.5. The Kier molecular flexibility index (Phi) is 3.47. The van der Waals surface area contributed by atoms with Crippen molar-refractivity contribution in [3.05, 3.63) is 5.82 Å². The Hall–Kier alpha value is -0.970. The Labute approximate surface area is 103 Å². The highest BCUT2D eigenvalue weighted by molar-refractivity contribution is 4.88. The molecule has 5 heteroatoms. The van der Waals surface area contributed by atoms with Crippen molar-refractivity contribution >= 4 is 0 Å². The van der Waals surface area contributed by atoms with E-state index < -0.39 is 0 Å². The number of aromatic nitrogens is 4. The topological polar surface area (TPSA) is 46.8 Å². The predicted octanol–water partition coefficient (Wildman–Crippen LogP) is 1.66. The average molecular weight is 237 g/mol. The minimum atomic E-state index is -0.0414. The molecule has 17 heavy (non-hydrogen) atoms. The van der Waals surface area contributed by atoms with E-state index in [9.17, 15) is 0 Å². The van der Waals surface area contributed by atoms with Crippen LogP contribution in [0.4, 0.5) is 0 Å². The molecule has 0 radical (unpaired) electrons. The molecule has 0 bridgehead atoms. The molecule has 1 aromatic heterocycles. The lowest BCUT2D eigenvalue weighted by atomic mass is 10.0. The van der Waals surface area contributed by atoms with Gasteiger partial charge in [-0.2, -0.15) is 0 Å². The van der Waals surface area contributed by atoms with Gasteiger partial charge in [0.1, 0.15) is 0 Å². The average Bonchev–Trinajstić information content (AvgIpc) is 2.65. The first-order chi connectivity index (χ1) is 7.97. The maximum absolute atomic E-state index is 4.16. The van der Waals surface area contributed by atoms with Crippen molar-refractivity contribution < 1.29 is 0 Å². The molecular formula is C12H23N5. The van der Waals surface area contributed by atoms with Gasteiger partial charge in [0.25, 0.3) is 0 Å². The van der Waals surface area contributed by atoms with Gasteiger partial charge in [0.2, 0.25) is 0 Å². The fourth-order valence-electron chi connectivity index (χ4n) is 2.46. The van der Waals surface area contributed by atoms with Crippen molar-refractivity contribution in [3.8, 4) is 0 Å². The summed E-state index contributed by atoms with van der Waals surface area (Å²) in [5, 5.41) is 12.1. The fraction of sp³-hybridized carbons (Fsp3) is 0.917. The van der Waals surface area contributed by atoms with Gasteiger partial charge in [0, 0.05) is 6.54 Å². The lowest BCUT2D eigenvalue weighted by Crippen LogP contribution is -2.36. The van der Waals surface area contributed by atoms with Crippen molar-refractivity contribution in [1.82, 2.24) is 25.1 Å². The summed E-state index contributed by atoms with van der Waals surface area (Å²) >= 11 is 0. The van der Waals surface area contributed by atoms with Crippen LogP contribution in [0, 0.1) is 5.92 Å². The van der Waals surface area contributed by atoms with Crippen LogP contribution >= 0.6 is 0 Å². The van der Waals surface area contributed by atoms with Gasteiger partial charge in [-0.3, -0.25) is 4.90 Å². The lowest BCUT2D eigenvalue weighted by Gasteiger charge is -2.31. The third-order valence-electron chi connectivity index (χ3n) is 3.28. The van der Waals surface area contributed by atoms with Gasteiger partial charge in [-0.05, 0) is 56.5 Å². The molecule has 0 N–H and O–H groups in total. The van der Waals surface area contributed by atoms with Crippen LogP contribution in [0.3, 0.4) is 0 Å². The normalized spacial score (nSPS) is 22.9. The summed E-state index contributed by atoms with van der Waals surface area (Å²) in [6.45, 7) is 11.9. The third kappa shape index (κ3) is 3.03. The van der Waals surface area contributed by atoms with Crippen LogP contribution in [0.1, 0.15) is 46.4 Å². The van der Waals surface area contributed by atoms with Gasteiger partial charge in [-0.25, -0.2) is 4.68 Å². The van der Waals surface area contributed by atoms with E-state index in [0.717, 1.165) is 24.8 Å². The standard InChI is InChI=1S/C12H23N5/c1-10-6-5-7-16(8-10)9-11-13-14-15-17(11)12(2,3)4/h10H,5-9H2,1-4H3. The van der Waals surface area contributed by atoms with Crippen LogP contribution < -0.4 is 0 Å². The molecule has 2 heterocycles. The Morgan fingerprint density at radius 3 is 2.76 bits per heavy atom. The number of nitrogens with zero attached hydrogens (tertiary/aromatic N) is 5. The van der Waals surface area contributed by atoms with Gasteiger partial charge in [0.15, 0.2) is 5.82 Å². The smallest absolute Gasteiger partial charge is 0.165 e. The van der Waals surface area contributed by atoms with Crippen LogP contribution in [0.25, 0.3) is 0 Å². The zero-order valence-corrected chi connectivity index (χ0v) is 11.3. The Morgan fingerprint density at radius 2 is 2.12 bits per heavy atom. The molecule has 0 spiro atoms. The number of rotatable bonds is 2.